The molecule has 13 heavy (non-hydrogen) atoms. The summed E-state index contributed by atoms with van der Waals surface area (Å²) in [7, 11) is 0. The van der Waals surface area contributed by atoms with E-state index < -0.39 is 0 Å². The molecule has 1 aromatic rings. The topological polar surface area (TPSA) is 39.7 Å². The third kappa shape index (κ3) is 1.03. The molecule has 4 nitrogen and oxygen atoms in total. The highest BCUT2D eigenvalue weighted by molar-refractivity contribution is 5.25. The van der Waals surface area contributed by atoms with E-state index in [1.807, 2.05) is 23.2 Å². The zero-order valence-corrected chi connectivity index (χ0v) is 7.07. The summed E-state index contributed by atoms with van der Waals surface area (Å²) in [5.41, 5.74) is 6.08. The van der Waals surface area contributed by atoms with Gasteiger partial charge in [0, 0.05) is 11.4 Å². The standard InChI is InChI=1S/C9H10N4/c1-2-4-8-7(3-1)6-13-9(11-8)5-10-12-13/h1-4,6,9-10,12H,5H2. The van der Waals surface area contributed by atoms with Crippen LogP contribution in [0, 0.1) is 0 Å². The number of rotatable bonds is 0. The lowest BCUT2D eigenvalue weighted by molar-refractivity contribution is 0.292. The zero-order valence-electron chi connectivity index (χ0n) is 7.07. The van der Waals surface area contributed by atoms with Gasteiger partial charge in [-0.3, -0.25) is 10.0 Å². The first-order valence-corrected chi connectivity index (χ1v) is 4.35. The van der Waals surface area contributed by atoms with E-state index in [9.17, 15) is 0 Å². The molecule has 3 rings (SSSR count). The van der Waals surface area contributed by atoms with Crippen molar-refractivity contribution in [1.29, 1.82) is 0 Å². The van der Waals surface area contributed by atoms with E-state index in [1.54, 1.807) is 0 Å². The van der Waals surface area contributed by atoms with E-state index in [0.29, 0.717) is 0 Å². The van der Waals surface area contributed by atoms with Crippen molar-refractivity contribution in [3.05, 3.63) is 34.8 Å². The van der Waals surface area contributed by atoms with Crippen LogP contribution < -0.4 is 21.5 Å². The molecule has 1 atom stereocenters. The van der Waals surface area contributed by atoms with Gasteiger partial charge in [-0.2, -0.15) is 5.53 Å². The minimum Gasteiger partial charge on any atom is -0.276 e. The van der Waals surface area contributed by atoms with Crippen LogP contribution in [0.4, 0.5) is 0 Å². The first kappa shape index (κ1) is 7.06. The number of hydrogen-bond donors (Lipinski definition) is 2. The second kappa shape index (κ2) is 2.55. The molecular weight excluding hydrogens is 164 g/mol. The molecule has 1 saturated heterocycles. The number of hydrogen-bond acceptors (Lipinski definition) is 4. The number of nitrogens with zero attached hydrogens (tertiary/aromatic N) is 2. The number of fused-ring (bicyclic) bond motifs is 2. The van der Waals surface area contributed by atoms with Gasteiger partial charge in [-0.15, -0.1) is 0 Å². The van der Waals surface area contributed by atoms with Crippen LogP contribution in [-0.4, -0.2) is 17.7 Å². The molecule has 0 aromatic heterocycles. The summed E-state index contributed by atoms with van der Waals surface area (Å²) < 4.78 is 0. The summed E-state index contributed by atoms with van der Waals surface area (Å²) >= 11 is 0. The third-order valence-electron chi connectivity index (χ3n) is 2.32. The summed E-state index contributed by atoms with van der Waals surface area (Å²) in [6.07, 6.45) is 2.28. The van der Waals surface area contributed by atoms with Crippen molar-refractivity contribution >= 4 is 6.20 Å². The molecule has 0 radical (unpaired) electrons. The summed E-state index contributed by atoms with van der Waals surface area (Å²) in [5, 5.41) is 4.23. The molecule has 4 heteroatoms. The number of benzene rings is 1. The maximum Gasteiger partial charge on any atom is 0.150 e. The lowest BCUT2D eigenvalue weighted by atomic mass is 10.2. The first-order chi connectivity index (χ1) is 6.43. The maximum atomic E-state index is 4.58. The number of hydrazine groups is 2. The van der Waals surface area contributed by atoms with Gasteiger partial charge in [-0.1, -0.05) is 18.2 Å². The van der Waals surface area contributed by atoms with Crippen LogP contribution >= 0.6 is 0 Å². The van der Waals surface area contributed by atoms with Gasteiger partial charge < -0.3 is 0 Å². The monoisotopic (exact) mass is 174 g/mol. The van der Waals surface area contributed by atoms with Gasteiger partial charge in [0.1, 0.15) is 0 Å². The maximum absolute atomic E-state index is 4.58. The highest BCUT2D eigenvalue weighted by Gasteiger charge is 2.21. The Labute approximate surface area is 75.5 Å². The van der Waals surface area contributed by atoms with Gasteiger partial charge in [0.15, 0.2) is 6.17 Å². The minimum absolute atomic E-state index is 0.204. The molecule has 0 bridgehead atoms. The van der Waals surface area contributed by atoms with E-state index in [1.165, 1.54) is 0 Å². The van der Waals surface area contributed by atoms with Crippen molar-refractivity contribution in [1.82, 2.24) is 16.0 Å². The quantitative estimate of drug-likeness (QED) is 0.514. The van der Waals surface area contributed by atoms with E-state index >= 15 is 0 Å². The molecule has 1 unspecified atom stereocenters. The van der Waals surface area contributed by atoms with E-state index in [0.717, 1.165) is 17.1 Å². The van der Waals surface area contributed by atoms with Crippen molar-refractivity contribution in [2.75, 3.05) is 6.54 Å². The van der Waals surface area contributed by atoms with Gasteiger partial charge in [-0.25, -0.2) is 5.43 Å². The molecule has 2 N–H and O–H groups in total. The van der Waals surface area contributed by atoms with Crippen molar-refractivity contribution in [3.63, 3.8) is 0 Å². The lowest BCUT2D eigenvalue weighted by Gasteiger charge is -2.19. The Hall–Kier alpha value is -1.39. The normalized spacial score (nSPS) is 24.3. The molecule has 1 aromatic carbocycles. The molecule has 0 amide bonds. The van der Waals surface area contributed by atoms with Crippen LogP contribution in [0.3, 0.4) is 0 Å². The van der Waals surface area contributed by atoms with Crippen LogP contribution in [0.2, 0.25) is 0 Å². The summed E-state index contributed by atoms with van der Waals surface area (Å²) in [5.74, 6) is 0. The van der Waals surface area contributed by atoms with Crippen LogP contribution in [0.1, 0.15) is 0 Å². The van der Waals surface area contributed by atoms with Gasteiger partial charge in [0.25, 0.3) is 0 Å². The Morgan fingerprint density at radius 1 is 1.38 bits per heavy atom. The van der Waals surface area contributed by atoms with Crippen LogP contribution in [-0.2, 0) is 0 Å². The summed E-state index contributed by atoms with van der Waals surface area (Å²) in [4.78, 5) is 4.58. The zero-order chi connectivity index (χ0) is 8.67. The fraction of sp³-hybridized carbons (Fsp3) is 0.222. The minimum atomic E-state index is 0.204. The lowest BCUT2D eigenvalue weighted by Crippen LogP contribution is -2.43. The SMILES string of the molecule is C1=c2ccccc2=NC2CNNN12. The van der Waals surface area contributed by atoms with Crippen molar-refractivity contribution in [3.8, 4) is 0 Å². The summed E-state index contributed by atoms with van der Waals surface area (Å²) in [6.45, 7) is 0.852. The predicted octanol–water partition coefficient (Wildman–Crippen LogP) is -1.29. The molecule has 0 spiro atoms. The first-order valence-electron chi connectivity index (χ1n) is 4.35. The Morgan fingerprint density at radius 2 is 2.31 bits per heavy atom. The Balaban J connectivity index is 2.24. The van der Waals surface area contributed by atoms with Crippen LogP contribution in [0.25, 0.3) is 6.20 Å². The molecule has 2 aliphatic rings. The van der Waals surface area contributed by atoms with E-state index in [4.69, 9.17) is 0 Å². The Morgan fingerprint density at radius 3 is 3.31 bits per heavy atom. The number of para-hydroxylation sites is 1. The van der Waals surface area contributed by atoms with Crippen LogP contribution in [0.15, 0.2) is 29.3 Å². The smallest absolute Gasteiger partial charge is 0.150 e. The molecule has 0 aliphatic carbocycles. The number of nitrogens with one attached hydrogen (secondary N) is 2. The fourth-order valence-corrected chi connectivity index (χ4v) is 1.65. The summed E-state index contributed by atoms with van der Waals surface area (Å²) in [6, 6.07) is 8.15. The van der Waals surface area contributed by atoms with Gasteiger partial charge in [0.05, 0.1) is 11.9 Å². The second-order valence-electron chi connectivity index (χ2n) is 3.20. The molecule has 2 aliphatic heterocycles. The Bertz CT molecular complexity index is 398. The second-order valence-corrected chi connectivity index (χ2v) is 3.20. The van der Waals surface area contributed by atoms with Crippen molar-refractivity contribution in [2.45, 2.75) is 6.17 Å². The average molecular weight is 174 g/mol. The van der Waals surface area contributed by atoms with Crippen LogP contribution in [0.5, 0.6) is 0 Å². The molecule has 0 saturated carbocycles. The predicted molar refractivity (Wildman–Crippen MR) is 48.5 cm³/mol. The molecule has 2 heterocycles. The molecular formula is C9H10N4. The largest absolute Gasteiger partial charge is 0.276 e. The fourth-order valence-electron chi connectivity index (χ4n) is 1.65. The Kier molecular flexibility index (Phi) is 1.38. The van der Waals surface area contributed by atoms with Gasteiger partial charge >= 0.3 is 0 Å². The van der Waals surface area contributed by atoms with Crippen molar-refractivity contribution < 1.29 is 0 Å². The van der Waals surface area contributed by atoms with Crippen molar-refractivity contribution in [2.24, 2.45) is 4.99 Å². The van der Waals surface area contributed by atoms with Gasteiger partial charge in [-0.05, 0) is 6.07 Å². The molecule has 66 valence electrons. The highest BCUT2D eigenvalue weighted by atomic mass is 15.7. The highest BCUT2D eigenvalue weighted by Crippen LogP contribution is 2.02. The molecule has 1 fully saturated rings. The van der Waals surface area contributed by atoms with E-state index in [-0.39, 0.29) is 6.17 Å². The average Bonchev–Trinajstić information content (AvgIpc) is 2.61. The van der Waals surface area contributed by atoms with Gasteiger partial charge in [0.2, 0.25) is 0 Å². The van der Waals surface area contributed by atoms with E-state index in [2.05, 4.69) is 28.2 Å². The third-order valence-corrected chi connectivity index (χ3v) is 2.32.